The zero-order valence-corrected chi connectivity index (χ0v) is 12.1. The van der Waals surface area contributed by atoms with Crippen molar-refractivity contribution in [3.05, 3.63) is 30.2 Å². The standard InChI is InChI=1S/C14H20N6O/c1-11-8-16-19(10-11)6-4-14(21)17-13-3-7-20(18-13)12-2-5-15-9-12/h3,7-8,10,12,15H,2,4-6,9H2,1H3,(H,17,18,21)/t12-/m0/s1. The molecule has 1 aliphatic rings. The molecule has 0 unspecified atom stereocenters. The second-order valence-corrected chi connectivity index (χ2v) is 5.41. The minimum absolute atomic E-state index is 0.0436. The largest absolute Gasteiger partial charge is 0.315 e. The van der Waals surface area contributed by atoms with E-state index >= 15 is 0 Å². The van der Waals surface area contributed by atoms with Gasteiger partial charge in [0.15, 0.2) is 5.82 Å². The van der Waals surface area contributed by atoms with Crippen molar-refractivity contribution in [2.45, 2.75) is 32.4 Å². The van der Waals surface area contributed by atoms with Gasteiger partial charge in [0.05, 0.1) is 12.2 Å². The highest BCUT2D eigenvalue weighted by atomic mass is 16.1. The lowest BCUT2D eigenvalue weighted by molar-refractivity contribution is -0.116. The third-order valence-electron chi connectivity index (χ3n) is 3.61. The number of amides is 1. The molecule has 7 nitrogen and oxygen atoms in total. The van der Waals surface area contributed by atoms with Gasteiger partial charge in [-0.2, -0.15) is 10.2 Å². The summed E-state index contributed by atoms with van der Waals surface area (Å²) in [6.07, 6.45) is 7.10. The van der Waals surface area contributed by atoms with Crippen LogP contribution in [0.5, 0.6) is 0 Å². The summed E-state index contributed by atoms with van der Waals surface area (Å²) in [4.78, 5) is 11.9. The third-order valence-corrected chi connectivity index (χ3v) is 3.61. The monoisotopic (exact) mass is 288 g/mol. The Hall–Kier alpha value is -2.15. The fraction of sp³-hybridized carbons (Fsp3) is 0.500. The van der Waals surface area contributed by atoms with E-state index in [4.69, 9.17) is 0 Å². The average molecular weight is 288 g/mol. The molecule has 0 bridgehead atoms. The van der Waals surface area contributed by atoms with Crippen molar-refractivity contribution in [1.29, 1.82) is 0 Å². The summed E-state index contributed by atoms with van der Waals surface area (Å²) in [5.41, 5.74) is 1.10. The first kappa shape index (κ1) is 13.8. The number of hydrogen-bond donors (Lipinski definition) is 2. The molecule has 3 heterocycles. The van der Waals surface area contributed by atoms with Crippen molar-refractivity contribution in [3.63, 3.8) is 0 Å². The molecule has 0 saturated carbocycles. The molecule has 1 atom stereocenters. The zero-order valence-electron chi connectivity index (χ0n) is 12.1. The molecule has 21 heavy (non-hydrogen) atoms. The van der Waals surface area contributed by atoms with Gasteiger partial charge in [0.2, 0.25) is 5.91 Å². The van der Waals surface area contributed by atoms with E-state index in [2.05, 4.69) is 20.8 Å². The van der Waals surface area contributed by atoms with Crippen LogP contribution >= 0.6 is 0 Å². The summed E-state index contributed by atoms with van der Waals surface area (Å²) in [7, 11) is 0. The molecule has 7 heteroatoms. The van der Waals surface area contributed by atoms with Gasteiger partial charge in [-0.25, -0.2) is 0 Å². The summed E-state index contributed by atoms with van der Waals surface area (Å²) in [5, 5.41) is 14.7. The van der Waals surface area contributed by atoms with Crippen LogP contribution < -0.4 is 10.6 Å². The van der Waals surface area contributed by atoms with E-state index < -0.39 is 0 Å². The van der Waals surface area contributed by atoms with Crippen molar-refractivity contribution < 1.29 is 4.79 Å². The number of hydrogen-bond acceptors (Lipinski definition) is 4. The van der Waals surface area contributed by atoms with Crippen LogP contribution in [0.15, 0.2) is 24.7 Å². The number of aromatic nitrogens is 4. The molecule has 2 aromatic heterocycles. The molecule has 112 valence electrons. The first-order valence-corrected chi connectivity index (χ1v) is 7.25. The summed E-state index contributed by atoms with van der Waals surface area (Å²) in [5.74, 6) is 0.571. The quantitative estimate of drug-likeness (QED) is 0.859. The number of nitrogens with zero attached hydrogens (tertiary/aromatic N) is 4. The number of aryl methyl sites for hydroxylation is 2. The van der Waals surface area contributed by atoms with E-state index in [1.807, 2.05) is 30.1 Å². The number of anilines is 1. The molecule has 1 amide bonds. The first-order valence-electron chi connectivity index (χ1n) is 7.25. The van der Waals surface area contributed by atoms with E-state index in [-0.39, 0.29) is 5.91 Å². The van der Waals surface area contributed by atoms with Gasteiger partial charge >= 0.3 is 0 Å². The van der Waals surface area contributed by atoms with Gasteiger partial charge in [-0.3, -0.25) is 14.2 Å². The smallest absolute Gasteiger partial charge is 0.227 e. The molecular weight excluding hydrogens is 268 g/mol. The number of carbonyl (C=O) groups excluding carboxylic acids is 1. The molecule has 2 aromatic rings. The van der Waals surface area contributed by atoms with Crippen LogP contribution in [0, 0.1) is 6.92 Å². The van der Waals surface area contributed by atoms with E-state index in [1.165, 1.54) is 0 Å². The minimum Gasteiger partial charge on any atom is -0.315 e. The Bertz CT molecular complexity index is 611. The molecular formula is C14H20N6O. The van der Waals surface area contributed by atoms with Crippen LogP contribution in [0.25, 0.3) is 0 Å². The van der Waals surface area contributed by atoms with Gasteiger partial charge in [0.1, 0.15) is 0 Å². The highest BCUT2D eigenvalue weighted by Crippen LogP contribution is 2.15. The minimum atomic E-state index is -0.0436. The molecule has 1 aliphatic heterocycles. The molecule has 0 spiro atoms. The van der Waals surface area contributed by atoms with Gasteiger partial charge in [0, 0.05) is 38.0 Å². The Balaban J connectivity index is 1.50. The lowest BCUT2D eigenvalue weighted by Gasteiger charge is -2.08. The lowest BCUT2D eigenvalue weighted by atomic mass is 10.3. The summed E-state index contributed by atoms with van der Waals surface area (Å²) >= 11 is 0. The topological polar surface area (TPSA) is 76.8 Å². The van der Waals surface area contributed by atoms with Gasteiger partial charge in [-0.15, -0.1) is 0 Å². The Morgan fingerprint density at radius 2 is 2.48 bits per heavy atom. The van der Waals surface area contributed by atoms with Crippen LogP contribution in [-0.4, -0.2) is 38.6 Å². The van der Waals surface area contributed by atoms with E-state index in [0.29, 0.717) is 24.8 Å². The molecule has 0 aromatic carbocycles. The lowest BCUT2D eigenvalue weighted by Crippen LogP contribution is -2.17. The molecule has 1 saturated heterocycles. The van der Waals surface area contributed by atoms with E-state index in [1.54, 1.807) is 10.9 Å². The number of rotatable bonds is 5. The summed E-state index contributed by atoms with van der Waals surface area (Å²) in [6, 6.07) is 2.23. The number of nitrogens with one attached hydrogen (secondary N) is 2. The molecule has 0 aliphatic carbocycles. The highest BCUT2D eigenvalue weighted by molar-refractivity contribution is 5.89. The Labute approximate surface area is 123 Å². The molecule has 3 rings (SSSR count). The highest BCUT2D eigenvalue weighted by Gasteiger charge is 2.17. The van der Waals surface area contributed by atoms with Crippen molar-refractivity contribution >= 4 is 11.7 Å². The SMILES string of the molecule is Cc1cnn(CCC(=O)Nc2ccn([C@H]3CCNC3)n2)c1. The van der Waals surface area contributed by atoms with Crippen molar-refractivity contribution in [2.24, 2.45) is 0 Å². The van der Waals surface area contributed by atoms with Crippen LogP contribution in [-0.2, 0) is 11.3 Å². The van der Waals surface area contributed by atoms with Crippen molar-refractivity contribution in [2.75, 3.05) is 18.4 Å². The second-order valence-electron chi connectivity index (χ2n) is 5.41. The van der Waals surface area contributed by atoms with E-state index in [9.17, 15) is 4.79 Å². The van der Waals surface area contributed by atoms with Crippen LogP contribution in [0.4, 0.5) is 5.82 Å². The predicted octanol–water partition coefficient (Wildman–Crippen LogP) is 0.951. The predicted molar refractivity (Wildman–Crippen MR) is 79.0 cm³/mol. The van der Waals surface area contributed by atoms with E-state index in [0.717, 1.165) is 25.1 Å². The maximum atomic E-state index is 11.9. The first-order chi connectivity index (χ1) is 10.2. The van der Waals surface area contributed by atoms with Gasteiger partial charge < -0.3 is 10.6 Å². The van der Waals surface area contributed by atoms with Gasteiger partial charge in [0.25, 0.3) is 0 Å². The fourth-order valence-electron chi connectivity index (χ4n) is 2.48. The van der Waals surface area contributed by atoms with Crippen molar-refractivity contribution in [1.82, 2.24) is 24.9 Å². The van der Waals surface area contributed by atoms with Crippen molar-refractivity contribution in [3.8, 4) is 0 Å². The average Bonchev–Trinajstić information content (AvgIpc) is 3.16. The summed E-state index contributed by atoms with van der Waals surface area (Å²) < 4.78 is 3.70. The zero-order chi connectivity index (χ0) is 14.7. The van der Waals surface area contributed by atoms with Crippen LogP contribution in [0.2, 0.25) is 0 Å². The molecule has 2 N–H and O–H groups in total. The Morgan fingerprint density at radius 1 is 1.57 bits per heavy atom. The van der Waals surface area contributed by atoms with Crippen LogP contribution in [0.3, 0.4) is 0 Å². The number of carbonyl (C=O) groups is 1. The summed E-state index contributed by atoms with van der Waals surface area (Å²) in [6.45, 7) is 4.52. The Morgan fingerprint density at radius 3 is 3.19 bits per heavy atom. The molecule has 0 radical (unpaired) electrons. The van der Waals surface area contributed by atoms with Gasteiger partial charge in [-0.05, 0) is 25.5 Å². The maximum Gasteiger partial charge on any atom is 0.227 e. The fourth-order valence-corrected chi connectivity index (χ4v) is 2.48. The maximum absolute atomic E-state index is 11.9. The second kappa shape index (κ2) is 6.09. The Kier molecular flexibility index (Phi) is 4.01. The third kappa shape index (κ3) is 3.49. The van der Waals surface area contributed by atoms with Crippen LogP contribution in [0.1, 0.15) is 24.4 Å². The normalized spacial score (nSPS) is 18.0. The molecule has 1 fully saturated rings. The van der Waals surface area contributed by atoms with Gasteiger partial charge in [-0.1, -0.05) is 0 Å².